The summed E-state index contributed by atoms with van der Waals surface area (Å²) in [4.78, 5) is 27.4. The number of nitrogens with two attached hydrogens (primary N) is 1. The summed E-state index contributed by atoms with van der Waals surface area (Å²) in [5.41, 5.74) is 7.36. The molecule has 1 unspecified atom stereocenters. The van der Waals surface area contributed by atoms with E-state index < -0.39 is 6.04 Å². The van der Waals surface area contributed by atoms with Gasteiger partial charge in [0.2, 0.25) is 12.7 Å². The molecule has 0 aromatic heterocycles. The number of halogens is 1. The molecule has 0 radical (unpaired) electrons. The molecule has 29 heavy (non-hydrogen) atoms. The van der Waals surface area contributed by atoms with E-state index in [2.05, 4.69) is 5.32 Å². The zero-order valence-corrected chi connectivity index (χ0v) is 16.7. The van der Waals surface area contributed by atoms with E-state index in [0.717, 1.165) is 6.42 Å². The van der Waals surface area contributed by atoms with Crippen LogP contribution in [0.4, 0.5) is 11.4 Å². The van der Waals surface area contributed by atoms with E-state index in [1.807, 2.05) is 0 Å². The van der Waals surface area contributed by atoms with Gasteiger partial charge in [0.25, 0.3) is 5.91 Å². The van der Waals surface area contributed by atoms with E-state index in [9.17, 15) is 9.59 Å². The summed E-state index contributed by atoms with van der Waals surface area (Å²) in [5, 5.41) is 2.84. The minimum Gasteiger partial charge on any atom is -0.495 e. The lowest BCUT2D eigenvalue weighted by molar-refractivity contribution is -0.119. The van der Waals surface area contributed by atoms with Crippen LogP contribution in [-0.2, 0) is 4.79 Å². The van der Waals surface area contributed by atoms with E-state index in [4.69, 9.17) is 19.9 Å². The van der Waals surface area contributed by atoms with Crippen LogP contribution in [0.25, 0.3) is 0 Å². The average Bonchev–Trinajstić information content (AvgIpc) is 3.36. The largest absolute Gasteiger partial charge is 0.495 e. The van der Waals surface area contributed by atoms with Crippen molar-refractivity contribution in [3.63, 3.8) is 0 Å². The monoisotopic (exact) mass is 419 g/mol. The Morgan fingerprint density at radius 3 is 2.72 bits per heavy atom. The van der Waals surface area contributed by atoms with Crippen LogP contribution in [0.5, 0.6) is 17.2 Å². The normalized spacial score (nSPS) is 16.9. The highest BCUT2D eigenvalue weighted by molar-refractivity contribution is 6.02. The van der Waals surface area contributed by atoms with Gasteiger partial charge in [-0.2, -0.15) is 0 Å². The van der Waals surface area contributed by atoms with Crippen molar-refractivity contribution in [3.05, 3.63) is 42.0 Å². The summed E-state index contributed by atoms with van der Waals surface area (Å²) in [6, 6.07) is 9.55. The Balaban J connectivity index is 0.00000240. The lowest BCUT2D eigenvalue weighted by Gasteiger charge is -2.24. The van der Waals surface area contributed by atoms with Gasteiger partial charge in [-0.05, 0) is 49.2 Å². The summed E-state index contributed by atoms with van der Waals surface area (Å²) >= 11 is 0. The maximum atomic E-state index is 13.0. The Labute approximate surface area is 174 Å². The maximum absolute atomic E-state index is 13.0. The molecule has 1 fully saturated rings. The lowest BCUT2D eigenvalue weighted by Crippen LogP contribution is -2.43. The Morgan fingerprint density at radius 2 is 1.97 bits per heavy atom. The number of carbonyl (C=O) groups excluding carboxylic acids is 2. The van der Waals surface area contributed by atoms with Crippen molar-refractivity contribution >= 4 is 35.6 Å². The number of anilines is 2. The first kappa shape index (κ1) is 20.6. The molecule has 3 N–H and O–H groups in total. The number of nitrogen functional groups attached to an aromatic ring is 1. The van der Waals surface area contributed by atoms with Crippen molar-refractivity contribution in [1.29, 1.82) is 0 Å². The number of amides is 2. The van der Waals surface area contributed by atoms with Gasteiger partial charge in [-0.25, -0.2) is 0 Å². The molecule has 1 atom stereocenters. The number of ether oxygens (including phenoxy) is 3. The molecule has 8 nitrogen and oxygen atoms in total. The fourth-order valence-corrected chi connectivity index (χ4v) is 3.52. The number of fused-ring (bicyclic) bond motifs is 1. The molecule has 0 spiro atoms. The topological polar surface area (TPSA) is 103 Å². The van der Waals surface area contributed by atoms with Gasteiger partial charge in [0.15, 0.2) is 11.5 Å². The van der Waals surface area contributed by atoms with Crippen molar-refractivity contribution in [1.82, 2.24) is 4.90 Å². The third-order valence-electron chi connectivity index (χ3n) is 4.93. The number of methoxy groups -OCH3 is 1. The highest BCUT2D eigenvalue weighted by Crippen LogP contribution is 2.33. The molecule has 1 saturated heterocycles. The first-order valence-corrected chi connectivity index (χ1v) is 9.02. The number of nitrogens with one attached hydrogen (secondary N) is 1. The van der Waals surface area contributed by atoms with Gasteiger partial charge in [-0.3, -0.25) is 9.59 Å². The van der Waals surface area contributed by atoms with E-state index in [0.29, 0.717) is 47.2 Å². The number of hydrogen-bond acceptors (Lipinski definition) is 6. The fourth-order valence-electron chi connectivity index (χ4n) is 3.52. The molecule has 2 heterocycles. The van der Waals surface area contributed by atoms with Gasteiger partial charge in [0.05, 0.1) is 12.8 Å². The van der Waals surface area contributed by atoms with Crippen LogP contribution in [0.15, 0.2) is 36.4 Å². The summed E-state index contributed by atoms with van der Waals surface area (Å²) in [5.74, 6) is 1.25. The Morgan fingerprint density at radius 1 is 1.17 bits per heavy atom. The Hall–Kier alpha value is -3.13. The molecule has 2 aromatic rings. The molecule has 0 saturated carbocycles. The molecule has 0 aliphatic carbocycles. The van der Waals surface area contributed by atoms with Crippen LogP contribution in [-0.4, -0.2) is 43.2 Å². The highest BCUT2D eigenvalue weighted by Gasteiger charge is 2.35. The predicted octanol–water partition coefficient (Wildman–Crippen LogP) is 2.67. The van der Waals surface area contributed by atoms with Crippen molar-refractivity contribution in [2.45, 2.75) is 18.9 Å². The number of rotatable bonds is 4. The standard InChI is InChI=1S/C20H21N3O5.ClH/c1-26-16-7-5-13(10-14(16)21)22-19(24)15-3-2-8-23(15)20(25)12-4-6-17-18(9-12)28-11-27-17;/h4-7,9-10,15H,2-3,8,11,21H2,1H3,(H,22,24);1H. The fraction of sp³-hybridized carbons (Fsp3) is 0.300. The molecule has 4 rings (SSSR count). The van der Waals surface area contributed by atoms with E-state index in [1.165, 1.54) is 7.11 Å². The van der Waals surface area contributed by atoms with E-state index >= 15 is 0 Å². The Kier molecular flexibility index (Phi) is 6.03. The molecule has 9 heteroatoms. The first-order valence-electron chi connectivity index (χ1n) is 9.02. The number of likely N-dealkylation sites (tertiary alicyclic amines) is 1. The Bertz CT molecular complexity index is 936. The molecule has 2 aliphatic rings. The average molecular weight is 420 g/mol. The summed E-state index contributed by atoms with van der Waals surface area (Å²) in [6.45, 7) is 0.669. The van der Waals surface area contributed by atoms with Crippen molar-refractivity contribution < 1.29 is 23.8 Å². The van der Waals surface area contributed by atoms with Crippen LogP contribution in [0.2, 0.25) is 0 Å². The lowest BCUT2D eigenvalue weighted by atomic mass is 10.1. The minimum atomic E-state index is -0.541. The molecular formula is C20H22ClN3O5. The van der Waals surface area contributed by atoms with Crippen molar-refractivity contribution in [2.75, 3.05) is 31.5 Å². The molecule has 2 aliphatic heterocycles. The second-order valence-electron chi connectivity index (χ2n) is 6.67. The van der Waals surface area contributed by atoms with Crippen LogP contribution in [0.1, 0.15) is 23.2 Å². The van der Waals surface area contributed by atoms with Gasteiger partial charge in [-0.1, -0.05) is 0 Å². The van der Waals surface area contributed by atoms with Crippen LogP contribution in [0, 0.1) is 0 Å². The third-order valence-corrected chi connectivity index (χ3v) is 4.93. The van der Waals surface area contributed by atoms with Gasteiger partial charge in [0, 0.05) is 17.8 Å². The van der Waals surface area contributed by atoms with Crippen molar-refractivity contribution in [2.24, 2.45) is 0 Å². The van der Waals surface area contributed by atoms with Crippen molar-refractivity contribution in [3.8, 4) is 17.2 Å². The van der Waals surface area contributed by atoms with E-state index in [1.54, 1.807) is 41.3 Å². The number of hydrogen-bond donors (Lipinski definition) is 2. The number of nitrogens with zero attached hydrogens (tertiary/aromatic N) is 1. The van der Waals surface area contributed by atoms with Gasteiger partial charge in [-0.15, -0.1) is 12.4 Å². The maximum Gasteiger partial charge on any atom is 0.254 e. The third kappa shape index (κ3) is 4.02. The quantitative estimate of drug-likeness (QED) is 0.738. The van der Waals surface area contributed by atoms with Crippen LogP contribution < -0.4 is 25.3 Å². The highest BCUT2D eigenvalue weighted by atomic mass is 35.5. The first-order chi connectivity index (χ1) is 13.6. The van der Waals surface area contributed by atoms with Crippen LogP contribution in [0.3, 0.4) is 0 Å². The SMILES string of the molecule is COc1ccc(NC(=O)C2CCCN2C(=O)c2ccc3c(c2)OCO3)cc1N.Cl. The molecular weight excluding hydrogens is 398 g/mol. The molecule has 0 bridgehead atoms. The van der Waals surface area contributed by atoms with E-state index in [-0.39, 0.29) is 31.0 Å². The van der Waals surface area contributed by atoms with Crippen LogP contribution >= 0.6 is 12.4 Å². The van der Waals surface area contributed by atoms with Gasteiger partial charge < -0.3 is 30.2 Å². The molecule has 2 amide bonds. The summed E-state index contributed by atoms with van der Waals surface area (Å²) in [7, 11) is 1.53. The second kappa shape index (κ2) is 8.48. The summed E-state index contributed by atoms with van der Waals surface area (Å²) < 4.78 is 15.7. The predicted molar refractivity (Wildman–Crippen MR) is 110 cm³/mol. The molecule has 154 valence electrons. The zero-order valence-electron chi connectivity index (χ0n) is 15.8. The van der Waals surface area contributed by atoms with Gasteiger partial charge >= 0.3 is 0 Å². The minimum absolute atomic E-state index is 0. The zero-order chi connectivity index (χ0) is 19.7. The van der Waals surface area contributed by atoms with Gasteiger partial charge in [0.1, 0.15) is 11.8 Å². The number of carbonyl (C=O) groups is 2. The second-order valence-corrected chi connectivity index (χ2v) is 6.67. The smallest absolute Gasteiger partial charge is 0.254 e. The summed E-state index contributed by atoms with van der Waals surface area (Å²) in [6.07, 6.45) is 1.37. The molecule has 2 aromatic carbocycles. The number of benzene rings is 2.